The Bertz CT molecular complexity index is 1020. The van der Waals surface area contributed by atoms with Crippen LogP contribution in [0.5, 0.6) is 5.75 Å². The number of carbonyl (C=O) groups is 4. The van der Waals surface area contributed by atoms with E-state index in [9.17, 15) is 19.2 Å². The van der Waals surface area contributed by atoms with Crippen molar-refractivity contribution in [1.29, 1.82) is 0 Å². The van der Waals surface area contributed by atoms with Gasteiger partial charge >= 0.3 is 18.0 Å². The normalized spacial score (nSPS) is 12.1. The summed E-state index contributed by atoms with van der Waals surface area (Å²) in [6.07, 6.45) is -0.612. The van der Waals surface area contributed by atoms with Crippen LogP contribution >= 0.6 is 0 Å². The molecular weight excluding hydrogens is 482 g/mol. The number of alkyl carbamates (subject to hydrolysis) is 1. The number of aliphatic carboxylic acids is 2. The molecule has 0 aliphatic rings. The molecule has 2 rings (SSSR count). The third-order valence-corrected chi connectivity index (χ3v) is 4.52. The lowest BCUT2D eigenvalue weighted by molar-refractivity contribution is -0.141. The molecule has 37 heavy (non-hydrogen) atoms. The molecule has 2 amide bonds. The Morgan fingerprint density at radius 1 is 0.919 bits per heavy atom. The highest BCUT2D eigenvalue weighted by molar-refractivity contribution is 5.89. The Hall–Kier alpha value is -4.12. The molecule has 6 N–H and O–H groups in total. The second-order valence-corrected chi connectivity index (χ2v) is 8.99. The Labute approximate surface area is 216 Å². The van der Waals surface area contributed by atoms with Crippen LogP contribution in [0, 0.1) is 0 Å². The van der Waals surface area contributed by atoms with Gasteiger partial charge in [0.05, 0.1) is 6.54 Å². The van der Waals surface area contributed by atoms with Crippen molar-refractivity contribution in [3.8, 4) is 5.75 Å². The smallest absolute Gasteiger partial charge is 0.408 e. The van der Waals surface area contributed by atoms with Gasteiger partial charge in [0, 0.05) is 6.42 Å². The van der Waals surface area contributed by atoms with Gasteiger partial charge in [-0.25, -0.2) is 4.79 Å². The van der Waals surface area contributed by atoms with Crippen LogP contribution < -0.4 is 21.1 Å². The highest BCUT2D eigenvalue weighted by atomic mass is 16.6. The number of rotatable bonds is 10. The van der Waals surface area contributed by atoms with Crippen LogP contribution in [0.3, 0.4) is 0 Å². The number of nitrogens with one attached hydrogen (secondary N) is 2. The molecule has 0 spiro atoms. The van der Waals surface area contributed by atoms with E-state index >= 15 is 0 Å². The maximum absolute atomic E-state index is 12.6. The predicted octanol–water partition coefficient (Wildman–Crippen LogP) is 2.32. The highest BCUT2D eigenvalue weighted by Crippen LogP contribution is 2.16. The molecule has 202 valence electrons. The molecule has 11 nitrogen and oxygen atoms in total. The lowest BCUT2D eigenvalue weighted by Crippen LogP contribution is -2.52. The summed E-state index contributed by atoms with van der Waals surface area (Å²) in [5.74, 6) is -2.09. The lowest BCUT2D eigenvalue weighted by Gasteiger charge is -2.24. The van der Waals surface area contributed by atoms with Crippen molar-refractivity contribution in [2.75, 3.05) is 6.54 Å². The molecule has 11 heteroatoms. The van der Waals surface area contributed by atoms with Gasteiger partial charge in [-0.1, -0.05) is 42.5 Å². The first-order valence-corrected chi connectivity index (χ1v) is 11.5. The number of amides is 2. The van der Waals surface area contributed by atoms with E-state index in [1.54, 1.807) is 45.0 Å². The maximum atomic E-state index is 12.6. The molecule has 0 saturated heterocycles. The van der Waals surface area contributed by atoms with Crippen LogP contribution in [-0.4, -0.2) is 58.4 Å². The molecule has 0 heterocycles. The number of carboxylic acid groups (broad SMARTS) is 2. The van der Waals surface area contributed by atoms with Gasteiger partial charge in [0.15, 0.2) is 0 Å². The van der Waals surface area contributed by atoms with Crippen molar-refractivity contribution >= 4 is 23.9 Å². The topological polar surface area (TPSA) is 177 Å². The van der Waals surface area contributed by atoms with Crippen molar-refractivity contribution in [3.63, 3.8) is 0 Å². The maximum Gasteiger partial charge on any atom is 0.408 e. The molecule has 2 aromatic carbocycles. The summed E-state index contributed by atoms with van der Waals surface area (Å²) >= 11 is 0. The van der Waals surface area contributed by atoms with Crippen molar-refractivity contribution < 1.29 is 38.9 Å². The minimum Gasteiger partial charge on any atom is -0.489 e. The second-order valence-electron chi connectivity index (χ2n) is 8.99. The van der Waals surface area contributed by atoms with Crippen LogP contribution in [0.1, 0.15) is 38.8 Å². The number of benzene rings is 2. The summed E-state index contributed by atoms with van der Waals surface area (Å²) in [5.41, 5.74) is 5.64. The van der Waals surface area contributed by atoms with Gasteiger partial charge in [0.2, 0.25) is 5.91 Å². The first kappa shape index (κ1) is 30.9. The average Bonchev–Trinajstić information content (AvgIpc) is 2.82. The van der Waals surface area contributed by atoms with Crippen LogP contribution in [0.25, 0.3) is 0 Å². The zero-order valence-electron chi connectivity index (χ0n) is 21.4. The third-order valence-electron chi connectivity index (χ3n) is 4.52. The Kier molecular flexibility index (Phi) is 12.6. The van der Waals surface area contributed by atoms with Gasteiger partial charge in [-0.05, 0) is 51.0 Å². The van der Waals surface area contributed by atoms with Gasteiger partial charge in [-0.15, -0.1) is 0 Å². The lowest BCUT2D eigenvalue weighted by atomic mass is 10.0. The van der Waals surface area contributed by atoms with E-state index in [4.69, 9.17) is 19.7 Å². The van der Waals surface area contributed by atoms with Gasteiger partial charge in [-0.2, -0.15) is 0 Å². The molecule has 0 saturated carbocycles. The number of ether oxygens (including phenoxy) is 2. The van der Waals surface area contributed by atoms with E-state index < -0.39 is 41.6 Å². The second kappa shape index (κ2) is 15.1. The number of hydrogen-bond acceptors (Lipinski definition) is 7. The first-order valence-electron chi connectivity index (χ1n) is 11.5. The van der Waals surface area contributed by atoms with Gasteiger partial charge in [0.1, 0.15) is 30.0 Å². The van der Waals surface area contributed by atoms with E-state index in [2.05, 4.69) is 16.4 Å². The van der Waals surface area contributed by atoms with Crippen LogP contribution in [-0.2, 0) is 32.1 Å². The summed E-state index contributed by atoms with van der Waals surface area (Å²) in [6.45, 7) is 6.63. The number of carbonyl (C=O) groups excluding carboxylic acids is 2. The molecule has 0 aliphatic carbocycles. The van der Waals surface area contributed by atoms with Gasteiger partial charge < -0.3 is 36.1 Å². The Balaban J connectivity index is 0.00000124. The predicted molar refractivity (Wildman–Crippen MR) is 136 cm³/mol. The Morgan fingerprint density at radius 3 is 1.97 bits per heavy atom. The molecule has 0 unspecified atom stereocenters. The van der Waals surface area contributed by atoms with Crippen molar-refractivity contribution in [3.05, 3.63) is 65.7 Å². The van der Waals surface area contributed by atoms with Crippen molar-refractivity contribution in [2.24, 2.45) is 5.73 Å². The van der Waals surface area contributed by atoms with E-state index in [1.807, 2.05) is 30.3 Å². The van der Waals surface area contributed by atoms with Crippen molar-refractivity contribution in [2.45, 2.75) is 58.4 Å². The minimum absolute atomic E-state index is 0.149. The molecule has 0 bridgehead atoms. The fourth-order valence-electron chi connectivity index (χ4n) is 2.73. The molecule has 2 aromatic rings. The molecule has 2 atom stereocenters. The fraction of sp³-hybridized carbons (Fsp3) is 0.385. The fourth-order valence-corrected chi connectivity index (χ4v) is 2.73. The van der Waals surface area contributed by atoms with Crippen LogP contribution in [0.2, 0.25) is 0 Å². The molecule has 0 fully saturated rings. The van der Waals surface area contributed by atoms with Gasteiger partial charge in [-0.3, -0.25) is 14.4 Å². The average molecular weight is 518 g/mol. The zero-order valence-corrected chi connectivity index (χ0v) is 21.4. The molecule has 0 aliphatic heterocycles. The summed E-state index contributed by atoms with van der Waals surface area (Å²) in [7, 11) is 0. The molecule has 0 radical (unpaired) electrons. The summed E-state index contributed by atoms with van der Waals surface area (Å²) in [4.78, 5) is 45.2. The van der Waals surface area contributed by atoms with Crippen LogP contribution in [0.15, 0.2) is 54.6 Å². The molecular formula is C26H35N3O8. The summed E-state index contributed by atoms with van der Waals surface area (Å²) < 4.78 is 11.0. The zero-order chi connectivity index (χ0) is 28.0. The summed E-state index contributed by atoms with van der Waals surface area (Å²) in [5, 5.41) is 21.6. The van der Waals surface area contributed by atoms with E-state index in [1.165, 1.54) is 6.92 Å². The molecule has 0 aromatic heterocycles. The van der Waals surface area contributed by atoms with E-state index in [0.717, 1.165) is 11.1 Å². The van der Waals surface area contributed by atoms with Crippen LogP contribution in [0.4, 0.5) is 4.79 Å². The third kappa shape index (κ3) is 13.5. The highest BCUT2D eigenvalue weighted by Gasteiger charge is 2.27. The summed E-state index contributed by atoms with van der Waals surface area (Å²) in [6, 6.07) is 14.8. The largest absolute Gasteiger partial charge is 0.489 e. The monoisotopic (exact) mass is 517 g/mol. The first-order chi connectivity index (χ1) is 17.3. The number of nitrogens with two attached hydrogens (primary N) is 1. The quantitative estimate of drug-likeness (QED) is 0.316. The SMILES string of the molecule is C[C@@H](NC(=O)[C@H](Cc1ccc(OCc2ccccc2)cc1)NC(=O)OC(C)(C)C)C(=O)O.NCC(=O)O. The number of carboxylic acids is 2. The van der Waals surface area contributed by atoms with E-state index in [0.29, 0.717) is 12.4 Å². The van der Waals surface area contributed by atoms with Gasteiger partial charge in [0.25, 0.3) is 0 Å². The van der Waals surface area contributed by atoms with E-state index in [-0.39, 0.29) is 13.0 Å². The van der Waals surface area contributed by atoms with Crippen molar-refractivity contribution in [1.82, 2.24) is 10.6 Å². The minimum atomic E-state index is -1.17. The number of hydrogen-bond donors (Lipinski definition) is 5. The standard InChI is InChI=1S/C24H30N2O6.C2H5NO2/c1-16(22(28)29)25-21(27)20(26-23(30)32-24(2,3)4)14-17-10-12-19(13-11-17)31-15-18-8-6-5-7-9-18;3-1-2(4)5/h5-13,16,20H,14-15H2,1-4H3,(H,25,27)(H,26,30)(H,28,29);1,3H2,(H,4,5)/t16-,20+;/m1./s1. The Morgan fingerprint density at radius 2 is 1.49 bits per heavy atom.